The molecule has 1 atom stereocenters. The van der Waals surface area contributed by atoms with Gasteiger partial charge in [-0.3, -0.25) is 4.79 Å². The van der Waals surface area contributed by atoms with Gasteiger partial charge in [-0.2, -0.15) is 0 Å². The van der Waals surface area contributed by atoms with E-state index >= 15 is 0 Å². The number of nitrogens with zero attached hydrogens (tertiary/aromatic N) is 1. The second-order valence-corrected chi connectivity index (χ2v) is 6.27. The number of hydrogen-bond acceptors (Lipinski definition) is 4. The Kier molecular flexibility index (Phi) is 5.37. The molecule has 0 spiro atoms. The summed E-state index contributed by atoms with van der Waals surface area (Å²) in [6.45, 7) is 4.70. The first-order chi connectivity index (χ1) is 12.6. The second-order valence-electron chi connectivity index (χ2n) is 6.27. The topological polar surface area (TPSA) is 64.4 Å². The Hall–Kier alpha value is -3.08. The van der Waals surface area contributed by atoms with Crippen LogP contribution < -0.4 is 10.1 Å². The summed E-state index contributed by atoms with van der Waals surface area (Å²) in [5.41, 5.74) is 3.56. The number of carbonyl (C=O) groups excluding carboxylic acids is 1. The summed E-state index contributed by atoms with van der Waals surface area (Å²) in [6, 6.07) is 17.2. The van der Waals surface area contributed by atoms with Crippen LogP contribution in [0, 0.1) is 6.92 Å². The van der Waals surface area contributed by atoms with E-state index in [9.17, 15) is 4.79 Å². The minimum Gasteiger partial charge on any atom is -0.497 e. The predicted molar refractivity (Wildman–Crippen MR) is 100 cm³/mol. The molecule has 2 aromatic carbocycles. The molecular weight excluding hydrogens is 328 g/mol. The molecule has 3 aromatic rings. The average Bonchev–Trinajstić information content (AvgIpc) is 3.16. The minimum atomic E-state index is -0.242. The molecule has 1 amide bonds. The fourth-order valence-corrected chi connectivity index (χ4v) is 2.86. The van der Waals surface area contributed by atoms with E-state index in [-0.39, 0.29) is 17.5 Å². The van der Waals surface area contributed by atoms with Crippen LogP contribution in [-0.4, -0.2) is 24.7 Å². The van der Waals surface area contributed by atoms with Crippen molar-refractivity contribution in [1.29, 1.82) is 0 Å². The summed E-state index contributed by atoms with van der Waals surface area (Å²) in [7, 11) is 1.61. The fraction of sp³-hybridized carbons (Fsp3) is 0.238. The van der Waals surface area contributed by atoms with E-state index in [1.165, 1.54) is 11.1 Å². The van der Waals surface area contributed by atoms with Gasteiger partial charge in [0.25, 0.3) is 5.91 Å². The zero-order chi connectivity index (χ0) is 18.5. The van der Waals surface area contributed by atoms with Gasteiger partial charge in [-0.25, -0.2) is 0 Å². The van der Waals surface area contributed by atoms with E-state index in [1.807, 2.05) is 36.4 Å². The summed E-state index contributed by atoms with van der Waals surface area (Å²) in [5, 5.41) is 6.81. The molecule has 134 valence electrons. The van der Waals surface area contributed by atoms with Crippen LogP contribution in [0.15, 0.2) is 59.1 Å². The van der Waals surface area contributed by atoms with E-state index in [0.29, 0.717) is 12.3 Å². The fourth-order valence-electron chi connectivity index (χ4n) is 2.86. The van der Waals surface area contributed by atoms with Gasteiger partial charge in [0.15, 0.2) is 11.5 Å². The summed E-state index contributed by atoms with van der Waals surface area (Å²) >= 11 is 0. The monoisotopic (exact) mass is 350 g/mol. The van der Waals surface area contributed by atoms with Crippen molar-refractivity contribution in [2.24, 2.45) is 0 Å². The summed E-state index contributed by atoms with van der Waals surface area (Å²) in [4.78, 5) is 12.4. The molecule has 1 heterocycles. The van der Waals surface area contributed by atoms with Crippen LogP contribution >= 0.6 is 0 Å². The Balaban J connectivity index is 1.63. The average molecular weight is 350 g/mol. The highest BCUT2D eigenvalue weighted by Crippen LogP contribution is 2.23. The lowest BCUT2D eigenvalue weighted by molar-refractivity contribution is 0.0942. The van der Waals surface area contributed by atoms with E-state index in [0.717, 1.165) is 11.3 Å². The number of benzene rings is 2. The highest BCUT2D eigenvalue weighted by atomic mass is 16.5. The third-order valence-corrected chi connectivity index (χ3v) is 4.41. The maximum atomic E-state index is 12.4. The molecule has 1 aromatic heterocycles. The first kappa shape index (κ1) is 17.7. The molecule has 0 fully saturated rings. The van der Waals surface area contributed by atoms with Crippen LogP contribution in [0.25, 0.3) is 11.3 Å². The van der Waals surface area contributed by atoms with Crippen LogP contribution in [-0.2, 0) is 0 Å². The van der Waals surface area contributed by atoms with Crippen LogP contribution in [0.3, 0.4) is 0 Å². The third kappa shape index (κ3) is 3.94. The predicted octanol–water partition coefficient (Wildman–Crippen LogP) is 4.19. The van der Waals surface area contributed by atoms with Crippen molar-refractivity contribution >= 4 is 5.91 Å². The van der Waals surface area contributed by atoms with Gasteiger partial charge in [0, 0.05) is 18.2 Å². The SMILES string of the molecule is COc1ccc(-c2cc(C(=O)NCC(C)c3ccccc3C)no2)cc1. The molecule has 0 aliphatic carbocycles. The Bertz CT molecular complexity index is 884. The normalized spacial score (nSPS) is 11.8. The number of carbonyl (C=O) groups is 1. The summed E-state index contributed by atoms with van der Waals surface area (Å²) < 4.78 is 10.4. The van der Waals surface area contributed by atoms with Crippen molar-refractivity contribution in [3.05, 3.63) is 71.4 Å². The highest BCUT2D eigenvalue weighted by Gasteiger charge is 2.15. The van der Waals surface area contributed by atoms with Crippen molar-refractivity contribution < 1.29 is 14.1 Å². The van der Waals surface area contributed by atoms with Crippen molar-refractivity contribution in [2.45, 2.75) is 19.8 Å². The van der Waals surface area contributed by atoms with Gasteiger partial charge in [-0.15, -0.1) is 0 Å². The molecule has 5 heteroatoms. The highest BCUT2D eigenvalue weighted by molar-refractivity contribution is 5.93. The Morgan fingerprint density at radius 1 is 1.19 bits per heavy atom. The lowest BCUT2D eigenvalue weighted by Crippen LogP contribution is -2.27. The van der Waals surface area contributed by atoms with Crippen molar-refractivity contribution in [3.8, 4) is 17.1 Å². The zero-order valence-corrected chi connectivity index (χ0v) is 15.2. The minimum absolute atomic E-state index is 0.216. The Labute approximate surface area is 153 Å². The molecule has 0 aliphatic heterocycles. The molecule has 5 nitrogen and oxygen atoms in total. The Morgan fingerprint density at radius 3 is 2.62 bits per heavy atom. The number of rotatable bonds is 6. The van der Waals surface area contributed by atoms with E-state index in [2.05, 4.69) is 36.5 Å². The second kappa shape index (κ2) is 7.87. The standard InChI is InChI=1S/C21H22N2O3/c1-14-6-4-5-7-18(14)15(2)13-22-21(24)19-12-20(26-23-19)16-8-10-17(25-3)11-9-16/h4-12,15H,13H2,1-3H3,(H,22,24). The van der Waals surface area contributed by atoms with Gasteiger partial charge in [0.05, 0.1) is 7.11 Å². The number of amides is 1. The van der Waals surface area contributed by atoms with E-state index < -0.39 is 0 Å². The van der Waals surface area contributed by atoms with Gasteiger partial charge in [-0.05, 0) is 48.2 Å². The molecule has 0 saturated heterocycles. The molecule has 1 unspecified atom stereocenters. The number of hydrogen-bond donors (Lipinski definition) is 1. The largest absolute Gasteiger partial charge is 0.497 e. The number of ether oxygens (including phenoxy) is 1. The van der Waals surface area contributed by atoms with Crippen molar-refractivity contribution in [1.82, 2.24) is 10.5 Å². The molecule has 1 N–H and O–H groups in total. The van der Waals surface area contributed by atoms with Crippen molar-refractivity contribution in [3.63, 3.8) is 0 Å². The van der Waals surface area contributed by atoms with Crippen LogP contribution in [0.4, 0.5) is 0 Å². The quantitative estimate of drug-likeness (QED) is 0.724. The van der Waals surface area contributed by atoms with Gasteiger partial charge >= 0.3 is 0 Å². The Morgan fingerprint density at radius 2 is 1.92 bits per heavy atom. The first-order valence-corrected chi connectivity index (χ1v) is 8.53. The van der Waals surface area contributed by atoms with Crippen LogP contribution in [0.5, 0.6) is 5.75 Å². The zero-order valence-electron chi connectivity index (χ0n) is 15.2. The molecular formula is C21H22N2O3. The van der Waals surface area contributed by atoms with Gasteiger partial charge in [0.1, 0.15) is 5.75 Å². The van der Waals surface area contributed by atoms with Crippen LogP contribution in [0.1, 0.15) is 34.5 Å². The maximum Gasteiger partial charge on any atom is 0.273 e. The van der Waals surface area contributed by atoms with Crippen molar-refractivity contribution in [2.75, 3.05) is 13.7 Å². The molecule has 26 heavy (non-hydrogen) atoms. The van der Waals surface area contributed by atoms with Gasteiger partial charge < -0.3 is 14.6 Å². The number of aromatic nitrogens is 1. The lowest BCUT2D eigenvalue weighted by Gasteiger charge is -2.14. The molecule has 0 saturated carbocycles. The molecule has 0 bridgehead atoms. The molecule has 0 aliphatic rings. The summed E-state index contributed by atoms with van der Waals surface area (Å²) in [6.07, 6.45) is 0. The maximum absolute atomic E-state index is 12.4. The van der Waals surface area contributed by atoms with E-state index in [1.54, 1.807) is 13.2 Å². The van der Waals surface area contributed by atoms with E-state index in [4.69, 9.17) is 9.26 Å². The number of nitrogens with one attached hydrogen (secondary N) is 1. The lowest BCUT2D eigenvalue weighted by atomic mass is 9.96. The third-order valence-electron chi connectivity index (χ3n) is 4.41. The number of aryl methyl sites for hydroxylation is 1. The van der Waals surface area contributed by atoms with Gasteiger partial charge in [-0.1, -0.05) is 36.3 Å². The van der Waals surface area contributed by atoms with Gasteiger partial charge in [0.2, 0.25) is 0 Å². The molecule has 3 rings (SSSR count). The van der Waals surface area contributed by atoms with Crippen LogP contribution in [0.2, 0.25) is 0 Å². The molecule has 0 radical (unpaired) electrons. The first-order valence-electron chi connectivity index (χ1n) is 8.53. The summed E-state index contributed by atoms with van der Waals surface area (Å²) in [5.74, 6) is 1.28. The number of methoxy groups -OCH3 is 1. The smallest absolute Gasteiger partial charge is 0.273 e.